The van der Waals surface area contributed by atoms with Crippen LogP contribution in [-0.2, 0) is 9.84 Å². The SMILES string of the molecule is CNC1CCN(c2cccc3cc(S(=O)(=O)c4ccccc4)cnc23)CC1. The number of aromatic nitrogens is 1. The summed E-state index contributed by atoms with van der Waals surface area (Å²) in [5, 5.41) is 4.19. The molecule has 0 saturated carbocycles. The van der Waals surface area contributed by atoms with Crippen LogP contribution in [0.5, 0.6) is 0 Å². The van der Waals surface area contributed by atoms with Gasteiger partial charge in [-0.25, -0.2) is 8.42 Å². The summed E-state index contributed by atoms with van der Waals surface area (Å²) in [6.07, 6.45) is 3.66. The zero-order valence-electron chi connectivity index (χ0n) is 15.3. The molecule has 0 bridgehead atoms. The van der Waals surface area contributed by atoms with Gasteiger partial charge < -0.3 is 10.2 Å². The van der Waals surface area contributed by atoms with Crippen LogP contribution < -0.4 is 10.2 Å². The average molecular weight is 382 g/mol. The van der Waals surface area contributed by atoms with E-state index in [1.54, 1.807) is 36.4 Å². The number of rotatable bonds is 4. The maximum Gasteiger partial charge on any atom is 0.208 e. The number of nitrogens with one attached hydrogen (secondary N) is 1. The van der Waals surface area contributed by atoms with Gasteiger partial charge in [0.2, 0.25) is 9.84 Å². The van der Waals surface area contributed by atoms with Crippen LogP contribution in [0, 0.1) is 0 Å². The summed E-state index contributed by atoms with van der Waals surface area (Å²) in [6, 6.07) is 16.8. The van der Waals surface area contributed by atoms with Gasteiger partial charge in [0.05, 0.1) is 21.0 Å². The molecule has 0 spiro atoms. The molecule has 1 aromatic heterocycles. The molecule has 4 rings (SSSR count). The fourth-order valence-corrected chi connectivity index (χ4v) is 4.93. The van der Waals surface area contributed by atoms with E-state index in [1.807, 2.05) is 19.2 Å². The third kappa shape index (κ3) is 3.42. The monoisotopic (exact) mass is 381 g/mol. The Morgan fingerprint density at radius 3 is 2.44 bits per heavy atom. The Hall–Kier alpha value is -2.44. The molecule has 1 aliphatic heterocycles. The molecule has 27 heavy (non-hydrogen) atoms. The third-order valence-corrected chi connectivity index (χ3v) is 7.01. The van der Waals surface area contributed by atoms with Gasteiger partial charge in [0, 0.05) is 30.7 Å². The molecule has 1 saturated heterocycles. The molecule has 3 aromatic rings. The molecule has 0 aliphatic carbocycles. The number of nitrogens with zero attached hydrogens (tertiary/aromatic N) is 2. The molecule has 2 heterocycles. The number of hydrogen-bond acceptors (Lipinski definition) is 5. The predicted octanol–water partition coefficient (Wildman–Crippen LogP) is 3.26. The summed E-state index contributed by atoms with van der Waals surface area (Å²) in [6.45, 7) is 1.94. The Balaban J connectivity index is 1.71. The van der Waals surface area contributed by atoms with Crippen molar-refractivity contribution >= 4 is 26.4 Å². The normalized spacial score (nSPS) is 16.0. The number of fused-ring (bicyclic) bond motifs is 1. The topological polar surface area (TPSA) is 62.3 Å². The second kappa shape index (κ2) is 7.29. The molecule has 1 fully saturated rings. The number of para-hydroxylation sites is 1. The lowest BCUT2D eigenvalue weighted by Gasteiger charge is -2.33. The van der Waals surface area contributed by atoms with Crippen molar-refractivity contribution in [3.8, 4) is 0 Å². The van der Waals surface area contributed by atoms with Crippen LogP contribution in [-0.4, -0.2) is 39.6 Å². The van der Waals surface area contributed by atoms with E-state index in [2.05, 4.69) is 21.3 Å². The second-order valence-electron chi connectivity index (χ2n) is 6.89. The van der Waals surface area contributed by atoms with Crippen LogP contribution in [0.15, 0.2) is 70.6 Å². The van der Waals surface area contributed by atoms with E-state index in [0.29, 0.717) is 6.04 Å². The molecule has 0 atom stereocenters. The van der Waals surface area contributed by atoms with Gasteiger partial charge in [-0.05, 0) is 44.2 Å². The summed E-state index contributed by atoms with van der Waals surface area (Å²) in [5.41, 5.74) is 1.93. The predicted molar refractivity (Wildman–Crippen MR) is 108 cm³/mol. The van der Waals surface area contributed by atoms with E-state index < -0.39 is 9.84 Å². The highest BCUT2D eigenvalue weighted by molar-refractivity contribution is 7.91. The molecule has 5 nitrogen and oxygen atoms in total. The Bertz CT molecular complexity index is 1040. The molecule has 0 amide bonds. The van der Waals surface area contributed by atoms with Crippen LogP contribution in [0.25, 0.3) is 10.9 Å². The first-order valence-corrected chi connectivity index (χ1v) is 10.7. The van der Waals surface area contributed by atoms with Gasteiger partial charge in [0.25, 0.3) is 0 Å². The van der Waals surface area contributed by atoms with Gasteiger partial charge in [-0.15, -0.1) is 0 Å². The van der Waals surface area contributed by atoms with Crippen molar-refractivity contribution in [3.63, 3.8) is 0 Å². The average Bonchev–Trinajstić information content (AvgIpc) is 2.73. The van der Waals surface area contributed by atoms with Crippen molar-refractivity contribution in [2.75, 3.05) is 25.0 Å². The van der Waals surface area contributed by atoms with Gasteiger partial charge in [-0.2, -0.15) is 0 Å². The first-order valence-electron chi connectivity index (χ1n) is 9.21. The molecule has 0 radical (unpaired) electrons. The molecular weight excluding hydrogens is 358 g/mol. The summed E-state index contributed by atoms with van der Waals surface area (Å²) < 4.78 is 25.8. The molecule has 6 heteroatoms. The maximum absolute atomic E-state index is 12.9. The first-order chi connectivity index (χ1) is 13.1. The third-order valence-electron chi connectivity index (χ3n) is 5.27. The van der Waals surface area contributed by atoms with Gasteiger partial charge >= 0.3 is 0 Å². The minimum absolute atomic E-state index is 0.229. The van der Waals surface area contributed by atoms with Crippen molar-refractivity contribution in [1.29, 1.82) is 0 Å². The fraction of sp³-hybridized carbons (Fsp3) is 0.286. The van der Waals surface area contributed by atoms with E-state index in [0.717, 1.165) is 42.5 Å². The van der Waals surface area contributed by atoms with Crippen LogP contribution >= 0.6 is 0 Å². The van der Waals surface area contributed by atoms with E-state index in [9.17, 15) is 8.42 Å². The second-order valence-corrected chi connectivity index (χ2v) is 8.84. The van der Waals surface area contributed by atoms with Gasteiger partial charge in [-0.3, -0.25) is 4.98 Å². The molecular formula is C21H23N3O2S. The van der Waals surface area contributed by atoms with Crippen molar-refractivity contribution < 1.29 is 8.42 Å². The number of anilines is 1. The smallest absolute Gasteiger partial charge is 0.208 e. The van der Waals surface area contributed by atoms with Crippen molar-refractivity contribution in [2.45, 2.75) is 28.7 Å². The molecule has 0 unspecified atom stereocenters. The molecule has 2 aromatic carbocycles. The first kappa shape index (κ1) is 17.9. The van der Waals surface area contributed by atoms with Crippen LogP contribution in [0.4, 0.5) is 5.69 Å². The largest absolute Gasteiger partial charge is 0.370 e. The summed E-state index contributed by atoms with van der Waals surface area (Å²) in [7, 11) is -1.55. The lowest BCUT2D eigenvalue weighted by molar-refractivity contribution is 0.443. The minimum Gasteiger partial charge on any atom is -0.370 e. The maximum atomic E-state index is 12.9. The Morgan fingerprint density at radius 1 is 1.00 bits per heavy atom. The lowest BCUT2D eigenvalue weighted by Crippen LogP contribution is -2.41. The number of benzene rings is 2. The van der Waals surface area contributed by atoms with Crippen molar-refractivity contribution in [1.82, 2.24) is 10.3 Å². The standard InChI is InChI=1S/C21H23N3O2S/c1-22-17-10-12-24(13-11-17)20-9-5-6-16-14-19(15-23-21(16)20)27(25,26)18-7-3-2-4-8-18/h2-9,14-15,17,22H,10-13H2,1H3. The lowest BCUT2D eigenvalue weighted by atomic mass is 10.0. The Morgan fingerprint density at radius 2 is 1.74 bits per heavy atom. The van der Waals surface area contributed by atoms with E-state index in [-0.39, 0.29) is 9.79 Å². The molecule has 1 N–H and O–H groups in total. The van der Waals surface area contributed by atoms with Gasteiger partial charge in [-0.1, -0.05) is 30.3 Å². The zero-order chi connectivity index (χ0) is 18.9. The number of sulfone groups is 1. The van der Waals surface area contributed by atoms with E-state index in [4.69, 9.17) is 0 Å². The molecule has 1 aliphatic rings. The highest BCUT2D eigenvalue weighted by atomic mass is 32.2. The Kier molecular flexibility index (Phi) is 4.85. The van der Waals surface area contributed by atoms with Crippen LogP contribution in [0.3, 0.4) is 0 Å². The summed E-state index contributed by atoms with van der Waals surface area (Å²) in [5.74, 6) is 0. The van der Waals surface area contributed by atoms with Crippen molar-refractivity contribution in [3.05, 3.63) is 60.8 Å². The highest BCUT2D eigenvalue weighted by Gasteiger charge is 2.22. The minimum atomic E-state index is -3.56. The van der Waals surface area contributed by atoms with Crippen molar-refractivity contribution in [2.24, 2.45) is 0 Å². The fourth-order valence-electron chi connectivity index (χ4n) is 3.67. The number of pyridine rings is 1. The summed E-state index contributed by atoms with van der Waals surface area (Å²) >= 11 is 0. The van der Waals surface area contributed by atoms with Crippen LogP contribution in [0.2, 0.25) is 0 Å². The van der Waals surface area contributed by atoms with Crippen LogP contribution in [0.1, 0.15) is 12.8 Å². The molecule has 140 valence electrons. The number of piperidine rings is 1. The van der Waals surface area contributed by atoms with Gasteiger partial charge in [0.15, 0.2) is 0 Å². The number of hydrogen-bond donors (Lipinski definition) is 1. The quantitative estimate of drug-likeness (QED) is 0.752. The Labute approximate surface area is 160 Å². The van der Waals surface area contributed by atoms with Gasteiger partial charge in [0.1, 0.15) is 0 Å². The zero-order valence-corrected chi connectivity index (χ0v) is 16.1. The van der Waals surface area contributed by atoms with E-state index in [1.165, 1.54) is 6.20 Å². The summed E-state index contributed by atoms with van der Waals surface area (Å²) in [4.78, 5) is 7.41. The van der Waals surface area contributed by atoms with E-state index >= 15 is 0 Å². The highest BCUT2D eigenvalue weighted by Crippen LogP contribution is 2.30.